The van der Waals surface area contributed by atoms with Gasteiger partial charge in [-0.15, -0.1) is 0 Å². The van der Waals surface area contributed by atoms with Crippen LogP contribution in [0.2, 0.25) is 0 Å². The van der Waals surface area contributed by atoms with Crippen LogP contribution in [0.4, 0.5) is 5.95 Å². The van der Waals surface area contributed by atoms with Gasteiger partial charge in [0.15, 0.2) is 11.2 Å². The Balaban J connectivity index is 1.72. The number of fused-ring (bicyclic) bond motifs is 1. The number of nitrogen functional groups attached to an aromatic ring is 1. The topological polar surface area (TPSA) is 288 Å². The Bertz CT molecular complexity index is 1360. The number of unbranched alkanes of at least 4 members (excludes halogenated alkanes) is 5. The van der Waals surface area contributed by atoms with Gasteiger partial charge >= 0.3 is 29.5 Å². The lowest BCUT2D eigenvalue weighted by Crippen LogP contribution is -2.26. The second kappa shape index (κ2) is 13.5. The van der Waals surface area contributed by atoms with E-state index < -0.39 is 54.1 Å². The van der Waals surface area contributed by atoms with E-state index in [1.807, 2.05) is 0 Å². The average molecular weight is 635 g/mol. The highest BCUT2D eigenvalue weighted by Gasteiger charge is 2.43. The first-order valence-electron chi connectivity index (χ1n) is 12.1. The zero-order valence-corrected chi connectivity index (χ0v) is 24.0. The number of rotatable bonds is 16. The predicted molar refractivity (Wildman–Crippen MR) is 136 cm³/mol. The number of phosphoric acid groups is 3. The van der Waals surface area contributed by atoms with Gasteiger partial charge in [0, 0.05) is 6.42 Å². The SMILES string of the molecule is CCCCCCCCOc1nc2c(=O)[nH]c(N)nc2n1[C@H]1C[C@H](O)[C@@H](COP(=O)(O)OP(=O)(O)OP(=O)(O)O)O1. The Labute approximate surface area is 227 Å². The van der Waals surface area contributed by atoms with Crippen LogP contribution in [0.3, 0.4) is 0 Å². The minimum Gasteiger partial charge on any atom is -0.465 e. The van der Waals surface area contributed by atoms with Crippen LogP contribution in [0.5, 0.6) is 6.01 Å². The van der Waals surface area contributed by atoms with Gasteiger partial charge in [0.05, 0.1) is 19.3 Å². The average Bonchev–Trinajstić information content (AvgIpc) is 3.34. The van der Waals surface area contributed by atoms with Crippen molar-refractivity contribution in [3.63, 3.8) is 0 Å². The molecule has 2 aromatic rings. The first-order chi connectivity index (χ1) is 18.6. The zero-order valence-electron chi connectivity index (χ0n) is 21.3. The number of imidazole rings is 1. The minimum absolute atomic E-state index is 0.00932. The highest BCUT2D eigenvalue weighted by molar-refractivity contribution is 7.66. The van der Waals surface area contributed by atoms with Crippen molar-refractivity contribution in [1.29, 1.82) is 0 Å². The van der Waals surface area contributed by atoms with Crippen molar-refractivity contribution in [2.45, 2.75) is 70.3 Å². The van der Waals surface area contributed by atoms with Crippen LogP contribution in [0.15, 0.2) is 4.79 Å². The normalized spacial score (nSPS) is 22.8. The molecule has 1 aliphatic rings. The van der Waals surface area contributed by atoms with Crippen molar-refractivity contribution in [3.05, 3.63) is 10.4 Å². The fourth-order valence-electron chi connectivity index (χ4n) is 3.88. The summed E-state index contributed by atoms with van der Waals surface area (Å²) in [6.07, 6.45) is 2.11. The number of aromatic amines is 1. The number of H-pyrrole nitrogens is 1. The number of phosphoric ester groups is 1. The molecule has 1 saturated heterocycles. The third-order valence-electron chi connectivity index (χ3n) is 5.58. The largest absolute Gasteiger partial charge is 0.490 e. The Morgan fingerprint density at radius 2 is 1.73 bits per heavy atom. The smallest absolute Gasteiger partial charge is 0.465 e. The molecule has 22 heteroatoms. The highest BCUT2D eigenvalue weighted by atomic mass is 31.3. The van der Waals surface area contributed by atoms with Gasteiger partial charge < -0.3 is 39.9 Å². The van der Waals surface area contributed by atoms with E-state index in [2.05, 4.69) is 35.0 Å². The second-order valence-electron chi connectivity index (χ2n) is 8.82. The number of aromatic nitrogens is 4. The van der Waals surface area contributed by atoms with Crippen LogP contribution in [-0.4, -0.2) is 69.6 Å². The molecule has 228 valence electrons. The lowest BCUT2D eigenvalue weighted by Gasteiger charge is -2.20. The van der Waals surface area contributed by atoms with Gasteiger partial charge in [0.1, 0.15) is 12.3 Å². The van der Waals surface area contributed by atoms with E-state index in [0.717, 1.165) is 32.1 Å². The zero-order chi connectivity index (χ0) is 29.7. The number of ether oxygens (including phenoxy) is 2. The molecule has 1 fully saturated rings. The molecular formula is C18H32N5O14P3. The Hall–Kier alpha value is -1.72. The van der Waals surface area contributed by atoms with Crippen molar-refractivity contribution >= 4 is 40.6 Å². The summed E-state index contributed by atoms with van der Waals surface area (Å²) < 4.78 is 59.0. The van der Waals surface area contributed by atoms with Crippen molar-refractivity contribution in [3.8, 4) is 6.01 Å². The van der Waals surface area contributed by atoms with Crippen LogP contribution in [0, 0.1) is 0 Å². The summed E-state index contributed by atoms with van der Waals surface area (Å²) in [6, 6.07) is -0.0436. The summed E-state index contributed by atoms with van der Waals surface area (Å²) in [4.78, 5) is 59.2. The van der Waals surface area contributed by atoms with Gasteiger partial charge in [0.25, 0.3) is 5.56 Å². The monoisotopic (exact) mass is 635 g/mol. The second-order valence-corrected chi connectivity index (χ2v) is 13.2. The number of nitrogens with zero attached hydrogens (tertiary/aromatic N) is 3. The molecule has 0 aromatic carbocycles. The quantitative estimate of drug-likeness (QED) is 0.101. The molecule has 5 atom stereocenters. The maximum Gasteiger partial charge on any atom is 0.490 e. The molecule has 8 N–H and O–H groups in total. The summed E-state index contributed by atoms with van der Waals surface area (Å²) in [6.45, 7) is 1.50. The fraction of sp³-hybridized carbons (Fsp3) is 0.722. The molecule has 40 heavy (non-hydrogen) atoms. The number of hydrogen-bond donors (Lipinski definition) is 7. The molecule has 0 saturated carbocycles. The van der Waals surface area contributed by atoms with E-state index in [4.69, 9.17) is 25.0 Å². The molecule has 0 bridgehead atoms. The maximum atomic E-state index is 12.4. The molecule has 3 heterocycles. The fourth-order valence-corrected chi connectivity index (χ4v) is 6.91. The van der Waals surface area contributed by atoms with Crippen LogP contribution >= 0.6 is 23.5 Å². The number of hydrogen-bond acceptors (Lipinski definition) is 13. The molecule has 0 spiro atoms. The number of nitrogens with two attached hydrogens (primary N) is 1. The van der Waals surface area contributed by atoms with E-state index in [1.54, 1.807) is 0 Å². The third kappa shape index (κ3) is 9.41. The Kier molecular flexibility index (Phi) is 11.1. The van der Waals surface area contributed by atoms with E-state index in [-0.39, 0.29) is 36.2 Å². The lowest BCUT2D eigenvalue weighted by atomic mass is 10.1. The first kappa shape index (κ1) is 32.8. The molecule has 2 aromatic heterocycles. The van der Waals surface area contributed by atoms with Crippen molar-refractivity contribution < 1.29 is 61.0 Å². The summed E-state index contributed by atoms with van der Waals surface area (Å²) >= 11 is 0. The van der Waals surface area contributed by atoms with Gasteiger partial charge in [-0.1, -0.05) is 39.0 Å². The van der Waals surface area contributed by atoms with E-state index in [9.17, 15) is 33.4 Å². The van der Waals surface area contributed by atoms with Crippen LogP contribution in [-0.2, 0) is 31.6 Å². The Morgan fingerprint density at radius 3 is 2.40 bits per heavy atom. The van der Waals surface area contributed by atoms with E-state index >= 15 is 0 Å². The number of aliphatic hydroxyl groups is 1. The van der Waals surface area contributed by atoms with Crippen LogP contribution in [0.25, 0.3) is 11.2 Å². The van der Waals surface area contributed by atoms with Gasteiger partial charge in [-0.25, -0.2) is 13.7 Å². The van der Waals surface area contributed by atoms with Gasteiger partial charge in [-0.3, -0.25) is 18.9 Å². The standard InChI is InChI=1S/C18H32N5O14P3/c1-2-3-4-5-6-7-8-33-18-20-14-15(21-17(19)22-16(14)25)23(18)13-9-11(24)12(35-13)10-34-39(29,30)37-40(31,32)36-38(26,27)28/h11-13,24H,2-10H2,1H3,(H,29,30)(H,31,32)(H2,26,27,28)(H3,19,21,22,25)/t11-,12+,13+/m0/s1. The predicted octanol–water partition coefficient (Wildman–Crippen LogP) is 1.43. The van der Waals surface area contributed by atoms with Crippen molar-refractivity contribution in [2.75, 3.05) is 18.9 Å². The molecule has 19 nitrogen and oxygen atoms in total. The van der Waals surface area contributed by atoms with Gasteiger partial charge in [-0.05, 0) is 6.42 Å². The lowest BCUT2D eigenvalue weighted by molar-refractivity contribution is -0.0446. The molecule has 0 radical (unpaired) electrons. The van der Waals surface area contributed by atoms with Gasteiger partial charge in [0.2, 0.25) is 5.95 Å². The maximum absolute atomic E-state index is 12.4. The number of nitrogens with one attached hydrogen (secondary N) is 1. The molecule has 3 rings (SSSR count). The van der Waals surface area contributed by atoms with Crippen molar-refractivity contribution in [1.82, 2.24) is 19.5 Å². The van der Waals surface area contributed by atoms with Crippen molar-refractivity contribution in [2.24, 2.45) is 0 Å². The molecule has 0 aliphatic carbocycles. The Morgan fingerprint density at radius 1 is 1.05 bits per heavy atom. The summed E-state index contributed by atoms with van der Waals surface area (Å²) in [5.74, 6) is -0.219. The highest BCUT2D eigenvalue weighted by Crippen LogP contribution is 2.66. The number of anilines is 1. The molecule has 0 amide bonds. The van der Waals surface area contributed by atoms with Gasteiger partial charge in [-0.2, -0.15) is 18.6 Å². The van der Waals surface area contributed by atoms with Crippen LogP contribution < -0.4 is 16.0 Å². The van der Waals surface area contributed by atoms with Crippen LogP contribution in [0.1, 0.15) is 58.1 Å². The molecule has 1 aliphatic heterocycles. The summed E-state index contributed by atoms with van der Waals surface area (Å²) in [5, 5.41) is 10.5. The van der Waals surface area contributed by atoms with E-state index in [0.29, 0.717) is 6.42 Å². The first-order valence-corrected chi connectivity index (χ1v) is 16.7. The number of aliphatic hydroxyl groups excluding tert-OH is 1. The summed E-state index contributed by atoms with van der Waals surface area (Å²) in [7, 11) is -16.7. The third-order valence-corrected chi connectivity index (χ3v) is 9.38. The minimum atomic E-state index is -5.72. The molecular weight excluding hydrogens is 603 g/mol. The van der Waals surface area contributed by atoms with E-state index in [1.165, 1.54) is 4.57 Å². The molecule has 2 unspecified atom stereocenters. The summed E-state index contributed by atoms with van der Waals surface area (Å²) in [5.41, 5.74) is 4.92.